The van der Waals surface area contributed by atoms with E-state index in [9.17, 15) is 29.4 Å². The van der Waals surface area contributed by atoms with Gasteiger partial charge in [-0.25, -0.2) is 24.2 Å². The standard InChI is InChI=1S/C20H16N2O10S/c23-16(24)9-5-6-10(11(7-9)17(25)26)15(14(32-20(29)30)8-31-19(27)28)33-18-21-12-3-1-2-4-13(12)22-18/h1-7,14-15H,8H2,(H,21,22)(H,23,24)(H,25,26)(H,27,28)(H,29,30). The van der Waals surface area contributed by atoms with Gasteiger partial charge >= 0.3 is 24.2 Å². The zero-order valence-electron chi connectivity index (χ0n) is 16.5. The van der Waals surface area contributed by atoms with Crippen LogP contribution in [0.4, 0.5) is 9.59 Å². The third-order valence-electron chi connectivity index (χ3n) is 4.40. The third kappa shape index (κ3) is 5.71. The summed E-state index contributed by atoms with van der Waals surface area (Å²) < 4.78 is 9.34. The number of hydrogen-bond donors (Lipinski definition) is 5. The van der Waals surface area contributed by atoms with Gasteiger partial charge in [-0.2, -0.15) is 0 Å². The molecule has 172 valence electrons. The van der Waals surface area contributed by atoms with Gasteiger partial charge in [0.25, 0.3) is 0 Å². The third-order valence-corrected chi connectivity index (χ3v) is 5.63. The molecule has 0 bridgehead atoms. The molecule has 0 aliphatic rings. The van der Waals surface area contributed by atoms with Gasteiger partial charge < -0.3 is 34.9 Å². The van der Waals surface area contributed by atoms with Gasteiger partial charge in [-0.1, -0.05) is 30.0 Å². The Labute approximate surface area is 188 Å². The number of imidazole rings is 1. The molecule has 1 aromatic heterocycles. The number of aromatic nitrogens is 2. The Balaban J connectivity index is 2.12. The number of benzene rings is 2. The van der Waals surface area contributed by atoms with E-state index in [4.69, 9.17) is 14.9 Å². The number of nitrogens with zero attached hydrogens (tertiary/aromatic N) is 1. The van der Waals surface area contributed by atoms with Crippen molar-refractivity contribution in [3.63, 3.8) is 0 Å². The molecule has 3 rings (SSSR count). The van der Waals surface area contributed by atoms with E-state index in [1.165, 1.54) is 6.07 Å². The number of rotatable bonds is 9. The van der Waals surface area contributed by atoms with E-state index in [2.05, 4.69) is 14.7 Å². The molecule has 0 spiro atoms. The van der Waals surface area contributed by atoms with Crippen molar-refractivity contribution < 1.29 is 49.1 Å². The molecule has 5 N–H and O–H groups in total. The maximum atomic E-state index is 11.9. The van der Waals surface area contributed by atoms with Crippen molar-refractivity contribution >= 4 is 47.0 Å². The second-order valence-electron chi connectivity index (χ2n) is 6.51. The molecule has 13 heteroatoms. The highest BCUT2D eigenvalue weighted by molar-refractivity contribution is 7.99. The maximum Gasteiger partial charge on any atom is 0.506 e. The van der Waals surface area contributed by atoms with Crippen LogP contribution in [0.15, 0.2) is 47.6 Å². The van der Waals surface area contributed by atoms with E-state index in [1.54, 1.807) is 24.3 Å². The predicted molar refractivity (Wildman–Crippen MR) is 112 cm³/mol. The van der Waals surface area contributed by atoms with Gasteiger partial charge in [0, 0.05) is 0 Å². The highest BCUT2D eigenvalue weighted by Gasteiger charge is 2.34. The number of hydrogen-bond acceptors (Lipinski definition) is 8. The Morgan fingerprint density at radius 1 is 0.970 bits per heavy atom. The van der Waals surface area contributed by atoms with E-state index < -0.39 is 47.8 Å². The lowest BCUT2D eigenvalue weighted by molar-refractivity contribution is 0.00402. The Bertz CT molecular complexity index is 1190. The number of aromatic carboxylic acids is 2. The SMILES string of the molecule is O=C(O)OCC(OC(=O)O)C(Sc1nc2ccccc2[nH]1)c1ccc(C(=O)O)cc1C(=O)O. The molecule has 0 fully saturated rings. The van der Waals surface area contributed by atoms with Gasteiger partial charge in [0.05, 0.1) is 27.4 Å². The molecule has 0 aliphatic heterocycles. The predicted octanol–water partition coefficient (Wildman–Crippen LogP) is 3.55. The van der Waals surface area contributed by atoms with E-state index >= 15 is 0 Å². The summed E-state index contributed by atoms with van der Waals surface area (Å²) in [6.07, 6.45) is -4.94. The zero-order valence-corrected chi connectivity index (χ0v) is 17.3. The summed E-state index contributed by atoms with van der Waals surface area (Å²) in [6.45, 7) is -0.751. The lowest BCUT2D eigenvalue weighted by Gasteiger charge is -2.26. The van der Waals surface area contributed by atoms with Crippen molar-refractivity contribution in [2.45, 2.75) is 16.5 Å². The van der Waals surface area contributed by atoms with Gasteiger partial charge in [-0.15, -0.1) is 0 Å². The summed E-state index contributed by atoms with van der Waals surface area (Å²) in [5, 5.41) is 36.0. The van der Waals surface area contributed by atoms with Gasteiger partial charge in [0.15, 0.2) is 11.3 Å². The molecule has 0 radical (unpaired) electrons. The molecule has 33 heavy (non-hydrogen) atoms. The average Bonchev–Trinajstić information content (AvgIpc) is 3.17. The van der Waals surface area contributed by atoms with E-state index in [1.807, 2.05) is 0 Å². The number of ether oxygens (including phenoxy) is 2. The van der Waals surface area contributed by atoms with Crippen molar-refractivity contribution in [3.8, 4) is 0 Å². The van der Waals surface area contributed by atoms with Crippen LogP contribution in [-0.4, -0.2) is 67.4 Å². The smallest absolute Gasteiger partial charge is 0.478 e. The van der Waals surface area contributed by atoms with Gasteiger partial charge in [-0.3, -0.25) is 0 Å². The summed E-state index contributed by atoms with van der Waals surface area (Å²) in [6, 6.07) is 10.2. The van der Waals surface area contributed by atoms with Crippen molar-refractivity contribution in [1.29, 1.82) is 0 Å². The van der Waals surface area contributed by atoms with Crippen LogP contribution in [0.3, 0.4) is 0 Å². The van der Waals surface area contributed by atoms with Crippen LogP contribution in [-0.2, 0) is 9.47 Å². The van der Waals surface area contributed by atoms with E-state index in [0.29, 0.717) is 11.0 Å². The largest absolute Gasteiger partial charge is 0.506 e. The minimum Gasteiger partial charge on any atom is -0.478 e. The number of fused-ring (bicyclic) bond motifs is 1. The highest BCUT2D eigenvalue weighted by Crippen LogP contribution is 2.40. The molecule has 3 aromatic rings. The molecular weight excluding hydrogens is 460 g/mol. The van der Waals surface area contributed by atoms with Crippen LogP contribution in [0.5, 0.6) is 0 Å². The average molecular weight is 476 g/mol. The summed E-state index contributed by atoms with van der Waals surface area (Å²) in [5.41, 5.74) is 0.476. The zero-order chi connectivity index (χ0) is 24.1. The van der Waals surface area contributed by atoms with Crippen LogP contribution in [0.25, 0.3) is 11.0 Å². The number of aromatic amines is 1. The molecule has 0 saturated carbocycles. The van der Waals surface area contributed by atoms with Crippen molar-refractivity contribution in [2.24, 2.45) is 0 Å². The molecule has 1 heterocycles. The number of para-hydroxylation sites is 2. The molecule has 2 atom stereocenters. The molecule has 0 amide bonds. The summed E-state index contributed by atoms with van der Waals surface area (Å²) >= 11 is 0.876. The number of carboxylic acid groups (broad SMARTS) is 4. The molecule has 2 unspecified atom stereocenters. The van der Waals surface area contributed by atoms with Gasteiger partial charge in [0.2, 0.25) is 0 Å². The highest BCUT2D eigenvalue weighted by atomic mass is 32.2. The molecule has 0 saturated heterocycles. The first kappa shape index (κ1) is 23.4. The second kappa shape index (κ2) is 9.91. The number of carboxylic acids is 2. The number of H-pyrrole nitrogens is 1. The number of nitrogens with one attached hydrogen (secondary N) is 1. The topological polar surface area (TPSA) is 196 Å². The second-order valence-corrected chi connectivity index (χ2v) is 7.64. The fraction of sp³-hybridized carbons (Fsp3) is 0.150. The summed E-state index contributed by atoms with van der Waals surface area (Å²) in [4.78, 5) is 52.8. The first-order valence-corrected chi connectivity index (χ1v) is 10.0. The van der Waals surface area contributed by atoms with Crippen molar-refractivity contribution in [2.75, 3.05) is 6.61 Å². The van der Waals surface area contributed by atoms with Crippen LogP contribution in [0.1, 0.15) is 31.5 Å². The van der Waals surface area contributed by atoms with E-state index in [-0.39, 0.29) is 16.3 Å². The van der Waals surface area contributed by atoms with Crippen LogP contribution >= 0.6 is 11.8 Å². The molecular formula is C20H16N2O10S. The molecule has 0 aliphatic carbocycles. The van der Waals surface area contributed by atoms with E-state index in [0.717, 1.165) is 23.9 Å². The Morgan fingerprint density at radius 2 is 1.70 bits per heavy atom. The molecule has 12 nitrogen and oxygen atoms in total. The Hall–Kier alpha value is -4.26. The monoisotopic (exact) mass is 476 g/mol. The lowest BCUT2D eigenvalue weighted by Crippen LogP contribution is -2.30. The van der Waals surface area contributed by atoms with Crippen LogP contribution < -0.4 is 0 Å². The van der Waals surface area contributed by atoms with Gasteiger partial charge in [0.1, 0.15) is 6.61 Å². The fourth-order valence-corrected chi connectivity index (χ4v) is 4.21. The fourth-order valence-electron chi connectivity index (χ4n) is 3.03. The lowest BCUT2D eigenvalue weighted by atomic mass is 9.98. The number of thioether (sulfide) groups is 1. The summed E-state index contributed by atoms with van der Waals surface area (Å²) in [7, 11) is 0. The minimum atomic E-state index is -1.75. The van der Waals surface area contributed by atoms with Crippen LogP contribution in [0, 0.1) is 0 Å². The first-order valence-electron chi connectivity index (χ1n) is 9.13. The minimum absolute atomic E-state index is 0.0156. The Morgan fingerprint density at radius 3 is 2.30 bits per heavy atom. The maximum absolute atomic E-state index is 11.9. The van der Waals surface area contributed by atoms with Crippen LogP contribution in [0.2, 0.25) is 0 Å². The van der Waals surface area contributed by atoms with Crippen molar-refractivity contribution in [1.82, 2.24) is 9.97 Å². The van der Waals surface area contributed by atoms with Gasteiger partial charge in [-0.05, 0) is 29.8 Å². The normalized spacial score (nSPS) is 12.6. The first-order chi connectivity index (χ1) is 15.7. The number of carbonyl (C=O) groups is 4. The summed E-state index contributed by atoms with van der Waals surface area (Å²) in [5.74, 6) is -2.84. The van der Waals surface area contributed by atoms with Crippen molar-refractivity contribution in [3.05, 3.63) is 59.2 Å². The Kier molecular flexibility index (Phi) is 7.03. The quantitative estimate of drug-likeness (QED) is 0.223. The molecule has 2 aromatic carbocycles.